The van der Waals surface area contributed by atoms with Crippen LogP contribution in [0.4, 0.5) is 10.1 Å². The second kappa shape index (κ2) is 6.21. The highest BCUT2D eigenvalue weighted by Gasteiger charge is 2.35. The Bertz CT molecular complexity index is 939. The van der Waals surface area contributed by atoms with Crippen LogP contribution in [0.1, 0.15) is 34.0 Å². The number of nitrogens with zero attached hydrogens (tertiary/aromatic N) is 1. The molecule has 0 unspecified atom stereocenters. The van der Waals surface area contributed by atoms with Gasteiger partial charge in [0.1, 0.15) is 17.3 Å². The minimum atomic E-state index is -0.616. The number of likely N-dealkylation sites (N-methyl/N-ethyl adjacent to an activating group) is 1. The summed E-state index contributed by atoms with van der Waals surface area (Å²) in [5.74, 6) is -0.624. The third-order valence-electron chi connectivity index (χ3n) is 5.07. The lowest BCUT2D eigenvalue weighted by Crippen LogP contribution is -2.31. The lowest BCUT2D eigenvalue weighted by molar-refractivity contribution is -0.112. The van der Waals surface area contributed by atoms with Gasteiger partial charge in [-0.25, -0.2) is 4.39 Å². The van der Waals surface area contributed by atoms with Gasteiger partial charge in [0.25, 0.3) is 11.7 Å². The Kier molecular flexibility index (Phi) is 4.00. The van der Waals surface area contributed by atoms with E-state index in [1.165, 1.54) is 12.1 Å². The van der Waals surface area contributed by atoms with Crippen molar-refractivity contribution in [3.8, 4) is 11.5 Å². The van der Waals surface area contributed by atoms with Crippen molar-refractivity contribution in [2.75, 3.05) is 18.4 Å². The number of carbonyl (C=O) groups is 2. The Labute approximate surface area is 150 Å². The minimum absolute atomic E-state index is 0.329. The van der Waals surface area contributed by atoms with Crippen LogP contribution in [-0.4, -0.2) is 29.7 Å². The second-order valence-electron chi connectivity index (χ2n) is 6.67. The van der Waals surface area contributed by atoms with E-state index in [0.29, 0.717) is 29.3 Å². The number of ketones is 1. The van der Waals surface area contributed by atoms with Crippen LogP contribution in [0.3, 0.4) is 0 Å². The smallest absolute Gasteiger partial charge is 0.296 e. The standard InChI is InChI=1S/C20H19FN2O3/c1-3-23-7-6-13-15(10-23)18-14(19(24)20(25)22-18)9-17(13)26-16-8-12(21)5-4-11(16)2/h4-5,8-9H,3,6-7,10H2,1-2H3,(H,22,24,25). The zero-order chi connectivity index (χ0) is 18.4. The van der Waals surface area contributed by atoms with Crippen LogP contribution in [0.15, 0.2) is 24.3 Å². The van der Waals surface area contributed by atoms with Gasteiger partial charge in [-0.15, -0.1) is 0 Å². The lowest BCUT2D eigenvalue weighted by Gasteiger charge is -2.30. The molecule has 0 aromatic heterocycles. The van der Waals surface area contributed by atoms with E-state index in [4.69, 9.17) is 4.74 Å². The molecule has 0 saturated heterocycles. The summed E-state index contributed by atoms with van der Waals surface area (Å²) < 4.78 is 19.6. The predicted octanol–water partition coefficient (Wildman–Crippen LogP) is 3.44. The lowest BCUT2D eigenvalue weighted by atomic mass is 9.93. The molecule has 2 aromatic carbocycles. The van der Waals surface area contributed by atoms with E-state index in [9.17, 15) is 14.0 Å². The molecule has 5 nitrogen and oxygen atoms in total. The average molecular weight is 354 g/mol. The summed E-state index contributed by atoms with van der Waals surface area (Å²) >= 11 is 0. The number of carbonyl (C=O) groups excluding carboxylic acids is 2. The Morgan fingerprint density at radius 2 is 2.00 bits per heavy atom. The van der Waals surface area contributed by atoms with Gasteiger partial charge in [0, 0.05) is 24.7 Å². The molecule has 0 atom stereocenters. The molecule has 134 valence electrons. The van der Waals surface area contributed by atoms with Gasteiger partial charge in [-0.2, -0.15) is 0 Å². The maximum absolute atomic E-state index is 13.6. The SMILES string of the molecule is CCN1CCc2c(Oc3cc(F)ccc3C)cc3c(c2C1)NC(=O)C3=O. The number of fused-ring (bicyclic) bond motifs is 3. The van der Waals surface area contributed by atoms with Crippen molar-refractivity contribution < 1.29 is 18.7 Å². The number of ether oxygens (including phenoxy) is 1. The molecule has 4 rings (SSSR count). The van der Waals surface area contributed by atoms with Crippen molar-refractivity contribution in [3.05, 3.63) is 52.3 Å². The first-order valence-corrected chi connectivity index (χ1v) is 8.68. The third kappa shape index (κ3) is 2.66. The molecule has 0 radical (unpaired) electrons. The van der Waals surface area contributed by atoms with Gasteiger partial charge in [-0.1, -0.05) is 13.0 Å². The number of hydrogen-bond donors (Lipinski definition) is 1. The molecule has 6 heteroatoms. The topological polar surface area (TPSA) is 58.6 Å². The van der Waals surface area contributed by atoms with Crippen LogP contribution >= 0.6 is 0 Å². The summed E-state index contributed by atoms with van der Waals surface area (Å²) in [4.78, 5) is 26.3. The van der Waals surface area contributed by atoms with Crippen LogP contribution in [0.2, 0.25) is 0 Å². The molecule has 0 saturated carbocycles. The largest absolute Gasteiger partial charge is 0.457 e. The van der Waals surface area contributed by atoms with Gasteiger partial charge < -0.3 is 10.1 Å². The van der Waals surface area contributed by atoms with E-state index in [1.54, 1.807) is 12.1 Å². The number of rotatable bonds is 3. The predicted molar refractivity (Wildman–Crippen MR) is 95.3 cm³/mol. The zero-order valence-electron chi connectivity index (χ0n) is 14.7. The van der Waals surface area contributed by atoms with Gasteiger partial charge in [0.05, 0.1) is 11.3 Å². The molecule has 0 fully saturated rings. The first kappa shape index (κ1) is 16.7. The van der Waals surface area contributed by atoms with Crippen LogP contribution in [0.5, 0.6) is 11.5 Å². The summed E-state index contributed by atoms with van der Waals surface area (Å²) in [6.45, 7) is 6.29. The van der Waals surface area contributed by atoms with Crippen molar-refractivity contribution in [3.63, 3.8) is 0 Å². The van der Waals surface area contributed by atoms with Crippen molar-refractivity contribution in [2.24, 2.45) is 0 Å². The van der Waals surface area contributed by atoms with Gasteiger partial charge in [0.2, 0.25) is 0 Å². The fourth-order valence-electron chi connectivity index (χ4n) is 3.55. The van der Waals surface area contributed by atoms with Gasteiger partial charge >= 0.3 is 0 Å². The van der Waals surface area contributed by atoms with Gasteiger partial charge in [0.15, 0.2) is 0 Å². The average Bonchev–Trinajstić information content (AvgIpc) is 2.92. The Morgan fingerprint density at radius 1 is 1.19 bits per heavy atom. The maximum Gasteiger partial charge on any atom is 0.296 e. The molecular formula is C20H19FN2O3. The Hall–Kier alpha value is -2.73. The first-order valence-electron chi connectivity index (χ1n) is 8.68. The Balaban J connectivity index is 1.84. The monoisotopic (exact) mass is 354 g/mol. The third-order valence-corrected chi connectivity index (χ3v) is 5.07. The maximum atomic E-state index is 13.6. The van der Waals surface area contributed by atoms with Crippen LogP contribution in [0.25, 0.3) is 0 Å². The second-order valence-corrected chi connectivity index (χ2v) is 6.67. The molecule has 2 aliphatic heterocycles. The zero-order valence-corrected chi connectivity index (χ0v) is 14.7. The molecular weight excluding hydrogens is 335 g/mol. The Morgan fingerprint density at radius 3 is 2.77 bits per heavy atom. The van der Waals surface area contributed by atoms with E-state index < -0.39 is 11.7 Å². The number of amides is 1. The summed E-state index contributed by atoms with van der Waals surface area (Å²) in [5.41, 5.74) is 3.60. The van der Waals surface area contributed by atoms with Gasteiger partial charge in [-0.3, -0.25) is 14.5 Å². The highest BCUT2D eigenvalue weighted by Crippen LogP contribution is 2.41. The molecule has 2 heterocycles. The highest BCUT2D eigenvalue weighted by atomic mass is 19.1. The molecule has 2 aliphatic rings. The first-order chi connectivity index (χ1) is 12.5. The molecule has 1 amide bonds. The van der Waals surface area contributed by atoms with Crippen LogP contribution in [-0.2, 0) is 17.8 Å². The van der Waals surface area contributed by atoms with Crippen molar-refractivity contribution in [1.82, 2.24) is 4.90 Å². The quantitative estimate of drug-likeness (QED) is 0.858. The molecule has 26 heavy (non-hydrogen) atoms. The summed E-state index contributed by atoms with van der Waals surface area (Å²) in [6, 6.07) is 5.98. The van der Waals surface area contributed by atoms with Gasteiger partial charge in [-0.05, 0) is 43.1 Å². The molecule has 0 aliphatic carbocycles. The van der Waals surface area contributed by atoms with Crippen molar-refractivity contribution in [2.45, 2.75) is 26.8 Å². The van der Waals surface area contributed by atoms with Crippen molar-refractivity contribution >= 4 is 17.4 Å². The van der Waals surface area contributed by atoms with E-state index >= 15 is 0 Å². The molecule has 2 aromatic rings. The van der Waals surface area contributed by atoms with Crippen molar-refractivity contribution in [1.29, 1.82) is 0 Å². The minimum Gasteiger partial charge on any atom is -0.457 e. The number of benzene rings is 2. The highest BCUT2D eigenvalue weighted by molar-refractivity contribution is 6.52. The van der Waals surface area contributed by atoms with E-state index in [0.717, 1.165) is 36.2 Å². The van der Waals surface area contributed by atoms with Crippen LogP contribution in [0, 0.1) is 12.7 Å². The number of aryl methyl sites for hydroxylation is 1. The summed E-state index contributed by atoms with van der Waals surface area (Å²) in [7, 11) is 0. The van der Waals surface area contributed by atoms with E-state index in [1.807, 2.05) is 6.92 Å². The molecule has 0 bridgehead atoms. The fraction of sp³-hybridized carbons (Fsp3) is 0.300. The normalized spacial score (nSPS) is 16.3. The number of anilines is 1. The number of nitrogens with one attached hydrogen (secondary N) is 1. The number of Topliss-reactive ketones (excluding diaryl/α,β-unsaturated/α-hetero) is 1. The summed E-state index contributed by atoms with van der Waals surface area (Å²) in [5, 5.41) is 2.70. The van der Waals surface area contributed by atoms with E-state index in [2.05, 4.69) is 17.1 Å². The fourth-order valence-corrected chi connectivity index (χ4v) is 3.55. The van der Waals surface area contributed by atoms with E-state index in [-0.39, 0.29) is 5.82 Å². The number of hydrogen-bond acceptors (Lipinski definition) is 4. The molecule has 0 spiro atoms. The molecule has 1 N–H and O–H groups in total. The summed E-state index contributed by atoms with van der Waals surface area (Å²) in [6.07, 6.45) is 0.740. The van der Waals surface area contributed by atoms with Crippen LogP contribution < -0.4 is 10.1 Å². The number of halogens is 1.